The van der Waals surface area contributed by atoms with E-state index in [1.807, 2.05) is 52.0 Å². The van der Waals surface area contributed by atoms with Crippen molar-refractivity contribution in [1.82, 2.24) is 4.90 Å². The second-order valence-electron chi connectivity index (χ2n) is 9.24. The molecule has 0 heterocycles. The van der Waals surface area contributed by atoms with Gasteiger partial charge in [0.05, 0.1) is 17.1 Å². The number of benzene rings is 3. The monoisotopic (exact) mass is 541 g/mol. The van der Waals surface area contributed by atoms with Gasteiger partial charge in [-0.25, -0.2) is 8.42 Å². The van der Waals surface area contributed by atoms with Crippen LogP contribution in [-0.2, 0) is 19.6 Å². The van der Waals surface area contributed by atoms with E-state index in [4.69, 9.17) is 11.6 Å². The molecule has 7 nitrogen and oxygen atoms in total. The van der Waals surface area contributed by atoms with Crippen molar-refractivity contribution in [2.75, 3.05) is 29.8 Å². The first-order valence-corrected chi connectivity index (χ1v) is 13.7. The molecule has 0 saturated carbocycles. The highest BCUT2D eigenvalue weighted by Crippen LogP contribution is 2.27. The number of nitrogens with zero attached hydrogens (tertiary/aromatic N) is 2. The minimum Gasteiger partial charge on any atom is -0.336 e. The molecule has 0 radical (unpaired) electrons. The summed E-state index contributed by atoms with van der Waals surface area (Å²) < 4.78 is 28.4. The zero-order valence-electron chi connectivity index (χ0n) is 21.7. The predicted octanol–water partition coefficient (Wildman–Crippen LogP) is 5.26. The number of carbonyl (C=O) groups excluding carboxylic acids is 2. The summed E-state index contributed by atoms with van der Waals surface area (Å²) in [6, 6.07) is 17.2. The van der Waals surface area contributed by atoms with Crippen LogP contribution in [0.5, 0.6) is 0 Å². The van der Waals surface area contributed by atoms with Gasteiger partial charge in [0.1, 0.15) is 0 Å². The number of halogens is 1. The van der Waals surface area contributed by atoms with Gasteiger partial charge in [-0.2, -0.15) is 0 Å². The Hall–Kier alpha value is -3.36. The number of nitrogens with one attached hydrogen (secondary N) is 1. The number of hydrogen-bond acceptors (Lipinski definition) is 4. The van der Waals surface area contributed by atoms with Crippen molar-refractivity contribution in [1.29, 1.82) is 0 Å². The molecule has 0 fully saturated rings. The summed E-state index contributed by atoms with van der Waals surface area (Å²) in [5.41, 5.74) is 4.90. The number of hydrogen-bond donors (Lipinski definition) is 1. The quantitative estimate of drug-likeness (QED) is 0.400. The number of amides is 2. The number of anilines is 2. The molecule has 0 bridgehead atoms. The highest BCUT2D eigenvalue weighted by atomic mass is 35.5. The van der Waals surface area contributed by atoms with Crippen LogP contribution in [0.25, 0.3) is 0 Å². The van der Waals surface area contributed by atoms with Crippen LogP contribution in [0.4, 0.5) is 11.4 Å². The van der Waals surface area contributed by atoms with E-state index in [0.29, 0.717) is 16.4 Å². The maximum atomic E-state index is 13.6. The first-order chi connectivity index (χ1) is 17.4. The largest absolute Gasteiger partial charge is 0.336 e. The molecule has 0 unspecified atom stereocenters. The average molecular weight is 542 g/mol. The minimum absolute atomic E-state index is 0.0739. The fourth-order valence-corrected chi connectivity index (χ4v) is 5.54. The molecular formula is C28H32ClN3O4S. The third kappa shape index (κ3) is 7.33. The molecule has 0 aliphatic heterocycles. The van der Waals surface area contributed by atoms with Gasteiger partial charge in [-0.1, -0.05) is 29.8 Å². The molecule has 3 rings (SSSR count). The molecule has 2 amide bonds. The van der Waals surface area contributed by atoms with Crippen LogP contribution in [0.1, 0.15) is 28.7 Å². The molecule has 196 valence electrons. The molecule has 0 aromatic heterocycles. The molecule has 1 N–H and O–H groups in total. The second kappa shape index (κ2) is 11.8. The van der Waals surface area contributed by atoms with Crippen molar-refractivity contribution in [2.45, 2.75) is 39.0 Å². The lowest BCUT2D eigenvalue weighted by Crippen LogP contribution is -2.38. The Morgan fingerprint density at radius 3 is 2.11 bits per heavy atom. The second-order valence-corrected chi connectivity index (χ2v) is 11.5. The highest BCUT2D eigenvalue weighted by molar-refractivity contribution is 7.92. The summed E-state index contributed by atoms with van der Waals surface area (Å²) in [7, 11) is -2.45. The molecule has 0 saturated heterocycles. The van der Waals surface area contributed by atoms with E-state index in [1.165, 1.54) is 40.5 Å². The molecule has 0 spiro atoms. The third-order valence-electron chi connectivity index (χ3n) is 5.90. The van der Waals surface area contributed by atoms with E-state index in [2.05, 4.69) is 5.32 Å². The molecule has 9 heteroatoms. The lowest BCUT2D eigenvalue weighted by Gasteiger charge is -2.26. The van der Waals surface area contributed by atoms with Crippen molar-refractivity contribution in [3.63, 3.8) is 0 Å². The molecule has 0 atom stereocenters. The molecule has 0 aliphatic carbocycles. The molecule has 0 aliphatic rings. The Balaban J connectivity index is 1.76. The Morgan fingerprint density at radius 2 is 1.49 bits per heavy atom. The van der Waals surface area contributed by atoms with Gasteiger partial charge < -0.3 is 10.2 Å². The number of aryl methyl sites for hydroxylation is 4. The molecule has 3 aromatic rings. The van der Waals surface area contributed by atoms with Crippen LogP contribution in [-0.4, -0.2) is 45.3 Å². The number of sulfonamides is 1. The number of carbonyl (C=O) groups is 2. The van der Waals surface area contributed by atoms with Crippen LogP contribution >= 0.6 is 11.6 Å². The fraction of sp³-hybridized carbons (Fsp3) is 0.286. The smallest absolute Gasteiger partial charge is 0.264 e. The SMILES string of the molecule is Cc1cc(C)cc(N(CCC(=O)N(C)CC(=O)Nc2cc(C)ccc2C)S(=O)(=O)c2ccc(Cl)cc2)c1. The third-order valence-corrected chi connectivity index (χ3v) is 7.99. The maximum Gasteiger partial charge on any atom is 0.264 e. The van der Waals surface area contributed by atoms with Crippen molar-refractivity contribution < 1.29 is 18.0 Å². The van der Waals surface area contributed by atoms with Crippen LogP contribution in [0.15, 0.2) is 65.6 Å². The summed E-state index contributed by atoms with van der Waals surface area (Å²) in [5, 5.41) is 3.26. The lowest BCUT2D eigenvalue weighted by molar-refractivity contribution is -0.133. The maximum absolute atomic E-state index is 13.6. The van der Waals surface area contributed by atoms with Crippen molar-refractivity contribution in [2.24, 2.45) is 0 Å². The van der Waals surface area contributed by atoms with Gasteiger partial charge in [0.2, 0.25) is 11.8 Å². The van der Waals surface area contributed by atoms with E-state index in [9.17, 15) is 18.0 Å². The van der Waals surface area contributed by atoms with Gasteiger partial charge in [0.25, 0.3) is 10.0 Å². The van der Waals surface area contributed by atoms with Gasteiger partial charge >= 0.3 is 0 Å². The van der Waals surface area contributed by atoms with Crippen molar-refractivity contribution >= 4 is 44.8 Å². The first-order valence-electron chi connectivity index (χ1n) is 11.8. The van der Waals surface area contributed by atoms with Crippen molar-refractivity contribution in [3.8, 4) is 0 Å². The number of rotatable bonds is 9. The van der Waals surface area contributed by atoms with Gasteiger partial charge in [0.15, 0.2) is 0 Å². The summed E-state index contributed by atoms with van der Waals surface area (Å²) >= 11 is 5.96. The molecule has 3 aromatic carbocycles. The molecular weight excluding hydrogens is 510 g/mol. The van der Waals surface area contributed by atoms with E-state index in [0.717, 1.165) is 22.3 Å². The van der Waals surface area contributed by atoms with Gasteiger partial charge in [0, 0.05) is 30.7 Å². The van der Waals surface area contributed by atoms with Crippen LogP contribution in [0.2, 0.25) is 5.02 Å². The standard InChI is InChI=1S/C28H32ClN3O4S/c1-19-6-7-22(4)26(17-19)30-27(33)18-31(5)28(34)12-13-32(24-15-20(2)14-21(3)16-24)37(35,36)25-10-8-23(29)9-11-25/h6-11,14-17H,12-13,18H2,1-5H3,(H,30,33). The van der Waals surface area contributed by atoms with Crippen LogP contribution in [0, 0.1) is 27.7 Å². The summed E-state index contributed by atoms with van der Waals surface area (Å²) in [5.74, 6) is -0.679. The Bertz CT molecular complexity index is 1390. The van der Waals surface area contributed by atoms with Gasteiger partial charge in [-0.3, -0.25) is 13.9 Å². The fourth-order valence-electron chi connectivity index (χ4n) is 3.97. The highest BCUT2D eigenvalue weighted by Gasteiger charge is 2.27. The van der Waals surface area contributed by atoms with E-state index in [-0.39, 0.29) is 36.2 Å². The van der Waals surface area contributed by atoms with Crippen molar-refractivity contribution in [3.05, 3.63) is 87.9 Å². The van der Waals surface area contributed by atoms with Crippen LogP contribution in [0.3, 0.4) is 0 Å². The number of likely N-dealkylation sites (N-methyl/N-ethyl adjacent to an activating group) is 1. The van der Waals surface area contributed by atoms with E-state index in [1.54, 1.807) is 12.1 Å². The van der Waals surface area contributed by atoms with Gasteiger partial charge in [-0.05, 0) is 92.4 Å². The Labute approximate surface area is 224 Å². The topological polar surface area (TPSA) is 86.8 Å². The van der Waals surface area contributed by atoms with Crippen LogP contribution < -0.4 is 9.62 Å². The summed E-state index contributed by atoms with van der Waals surface area (Å²) in [6.45, 7) is 7.36. The van der Waals surface area contributed by atoms with Gasteiger partial charge in [-0.15, -0.1) is 0 Å². The normalized spacial score (nSPS) is 11.2. The van der Waals surface area contributed by atoms with E-state index < -0.39 is 10.0 Å². The Morgan fingerprint density at radius 1 is 0.865 bits per heavy atom. The van der Waals surface area contributed by atoms with E-state index >= 15 is 0 Å². The first kappa shape index (κ1) is 28.2. The summed E-state index contributed by atoms with van der Waals surface area (Å²) in [6.07, 6.45) is -0.104. The zero-order valence-corrected chi connectivity index (χ0v) is 23.3. The lowest BCUT2D eigenvalue weighted by atomic mass is 10.1. The predicted molar refractivity (Wildman–Crippen MR) is 149 cm³/mol. The zero-order chi connectivity index (χ0) is 27.3. The minimum atomic E-state index is -3.97. The summed E-state index contributed by atoms with van der Waals surface area (Å²) in [4.78, 5) is 26.9. The average Bonchev–Trinajstić information content (AvgIpc) is 2.81. The Kier molecular flexibility index (Phi) is 8.99. The molecule has 37 heavy (non-hydrogen) atoms.